The van der Waals surface area contributed by atoms with Gasteiger partial charge in [-0.15, -0.1) is 0 Å². The van der Waals surface area contributed by atoms with Crippen LogP contribution in [-0.2, 0) is 4.79 Å². The van der Waals surface area contributed by atoms with Crippen LogP contribution in [0.25, 0.3) is 10.8 Å². The van der Waals surface area contributed by atoms with E-state index in [0.29, 0.717) is 39.8 Å². The van der Waals surface area contributed by atoms with Crippen molar-refractivity contribution < 1.29 is 23.8 Å². The summed E-state index contributed by atoms with van der Waals surface area (Å²) in [5.41, 5.74) is 1.99. The smallest absolute Gasteiger partial charge is 0.319 e. The molecule has 3 N–H and O–H groups in total. The molecule has 1 aliphatic rings. The predicted molar refractivity (Wildman–Crippen MR) is 126 cm³/mol. The van der Waals surface area contributed by atoms with Gasteiger partial charge in [-0.3, -0.25) is 4.79 Å². The first kappa shape index (κ1) is 22.0. The Morgan fingerprint density at radius 2 is 1.70 bits per heavy atom. The van der Waals surface area contributed by atoms with Crippen molar-refractivity contribution in [3.63, 3.8) is 0 Å². The fourth-order valence-corrected chi connectivity index (χ4v) is 4.05. The molecular formula is C25H25N3O5. The lowest BCUT2D eigenvalue weighted by atomic mass is 9.90. The van der Waals surface area contributed by atoms with E-state index in [1.165, 1.54) is 7.11 Å². The number of hydrogen-bond donors (Lipinski definition) is 3. The molecule has 0 saturated carbocycles. The number of carbonyl (C=O) groups is 2. The molecule has 0 aromatic heterocycles. The monoisotopic (exact) mass is 447 g/mol. The maximum absolute atomic E-state index is 13.5. The fraction of sp³-hybridized carbons (Fsp3) is 0.200. The number of allylic oxidation sites excluding steroid dienone is 1. The summed E-state index contributed by atoms with van der Waals surface area (Å²) >= 11 is 0. The summed E-state index contributed by atoms with van der Waals surface area (Å²) in [4.78, 5) is 26.0. The Labute approximate surface area is 191 Å². The minimum absolute atomic E-state index is 0.363. The standard InChI is InChI=1S/C25H25N3O5/c1-14-21(24(29)27-18-11-10-16(31-2)13-20(18)33-4)23(28-25(30)26-14)22-17-8-6-5-7-15(17)9-12-19(22)32-3/h5-13,23H,1-4H3,(H,27,29)(H2,26,28,30)/t23-/m1/s1. The lowest BCUT2D eigenvalue weighted by molar-refractivity contribution is -0.113. The first-order valence-electron chi connectivity index (χ1n) is 10.3. The van der Waals surface area contributed by atoms with Gasteiger partial charge in [0.1, 0.15) is 17.2 Å². The Kier molecular flexibility index (Phi) is 6.08. The number of fused-ring (bicyclic) bond motifs is 1. The summed E-state index contributed by atoms with van der Waals surface area (Å²) in [5, 5.41) is 10.3. The second-order valence-corrected chi connectivity index (χ2v) is 7.49. The van der Waals surface area contributed by atoms with Crippen LogP contribution in [0.4, 0.5) is 10.5 Å². The summed E-state index contributed by atoms with van der Waals surface area (Å²) in [6, 6.07) is 15.5. The molecule has 0 spiro atoms. The Balaban J connectivity index is 1.81. The molecule has 0 unspecified atom stereocenters. The second kappa shape index (κ2) is 9.12. The van der Waals surface area contributed by atoms with Crippen molar-refractivity contribution in [3.05, 3.63) is 71.4 Å². The van der Waals surface area contributed by atoms with Gasteiger partial charge < -0.3 is 30.2 Å². The second-order valence-electron chi connectivity index (χ2n) is 7.49. The zero-order valence-electron chi connectivity index (χ0n) is 18.8. The molecule has 0 fully saturated rings. The summed E-state index contributed by atoms with van der Waals surface area (Å²) in [6.45, 7) is 1.70. The van der Waals surface area contributed by atoms with Gasteiger partial charge in [-0.05, 0) is 35.9 Å². The number of benzene rings is 3. The number of ether oxygens (including phenoxy) is 3. The SMILES string of the molecule is COc1ccc(NC(=O)C2=C(C)NC(=O)N[C@H]2c2c(OC)ccc3ccccc23)c(OC)c1. The number of urea groups is 1. The van der Waals surface area contributed by atoms with Crippen molar-refractivity contribution in [1.29, 1.82) is 0 Å². The van der Waals surface area contributed by atoms with Crippen LogP contribution in [0.2, 0.25) is 0 Å². The van der Waals surface area contributed by atoms with E-state index in [1.807, 2.05) is 36.4 Å². The van der Waals surface area contributed by atoms with Crippen molar-refractivity contribution >= 4 is 28.4 Å². The maximum atomic E-state index is 13.5. The van der Waals surface area contributed by atoms with E-state index in [0.717, 1.165) is 10.8 Å². The molecule has 1 atom stereocenters. The molecule has 3 amide bonds. The fourth-order valence-electron chi connectivity index (χ4n) is 4.05. The molecular weight excluding hydrogens is 422 g/mol. The van der Waals surface area contributed by atoms with Gasteiger partial charge in [-0.2, -0.15) is 0 Å². The molecule has 1 aliphatic heterocycles. The number of carbonyl (C=O) groups excluding carboxylic acids is 2. The van der Waals surface area contributed by atoms with Gasteiger partial charge in [0, 0.05) is 17.3 Å². The van der Waals surface area contributed by atoms with Gasteiger partial charge >= 0.3 is 6.03 Å². The van der Waals surface area contributed by atoms with Crippen LogP contribution in [0.3, 0.4) is 0 Å². The van der Waals surface area contributed by atoms with E-state index < -0.39 is 12.1 Å². The van der Waals surface area contributed by atoms with Crippen molar-refractivity contribution in [1.82, 2.24) is 10.6 Å². The molecule has 0 aliphatic carbocycles. The van der Waals surface area contributed by atoms with Crippen molar-refractivity contribution in [2.45, 2.75) is 13.0 Å². The minimum Gasteiger partial charge on any atom is -0.497 e. The number of rotatable bonds is 6. The molecule has 8 nitrogen and oxygen atoms in total. The number of amides is 3. The molecule has 0 bridgehead atoms. The van der Waals surface area contributed by atoms with E-state index in [4.69, 9.17) is 14.2 Å². The number of anilines is 1. The third kappa shape index (κ3) is 4.15. The van der Waals surface area contributed by atoms with Crippen molar-refractivity contribution in [2.24, 2.45) is 0 Å². The third-order valence-electron chi connectivity index (χ3n) is 5.61. The average Bonchev–Trinajstić information content (AvgIpc) is 2.82. The lowest BCUT2D eigenvalue weighted by Crippen LogP contribution is -2.46. The van der Waals surface area contributed by atoms with E-state index in [-0.39, 0.29) is 5.91 Å². The number of nitrogens with one attached hydrogen (secondary N) is 3. The van der Waals surface area contributed by atoms with Gasteiger partial charge in [0.2, 0.25) is 0 Å². The Hall–Kier alpha value is -4.20. The Morgan fingerprint density at radius 1 is 0.939 bits per heavy atom. The maximum Gasteiger partial charge on any atom is 0.319 e. The normalized spacial score (nSPS) is 15.5. The highest BCUT2D eigenvalue weighted by Crippen LogP contribution is 2.39. The van der Waals surface area contributed by atoms with Crippen LogP contribution in [0, 0.1) is 0 Å². The van der Waals surface area contributed by atoms with Crippen LogP contribution in [0.1, 0.15) is 18.5 Å². The quantitative estimate of drug-likeness (QED) is 0.528. The third-order valence-corrected chi connectivity index (χ3v) is 5.61. The van der Waals surface area contributed by atoms with Gasteiger partial charge in [0.15, 0.2) is 0 Å². The van der Waals surface area contributed by atoms with Crippen LogP contribution >= 0.6 is 0 Å². The molecule has 1 heterocycles. The predicted octanol–water partition coefficient (Wildman–Crippen LogP) is 4.13. The first-order chi connectivity index (χ1) is 16.0. The van der Waals surface area contributed by atoms with Gasteiger partial charge in [0.05, 0.1) is 38.6 Å². The number of methoxy groups -OCH3 is 3. The summed E-state index contributed by atoms with van der Waals surface area (Å²) in [6.07, 6.45) is 0. The van der Waals surface area contributed by atoms with E-state index in [2.05, 4.69) is 16.0 Å². The largest absolute Gasteiger partial charge is 0.497 e. The van der Waals surface area contributed by atoms with Gasteiger partial charge in [-0.1, -0.05) is 30.3 Å². The molecule has 0 radical (unpaired) electrons. The zero-order chi connectivity index (χ0) is 23.5. The van der Waals surface area contributed by atoms with Gasteiger partial charge in [0.25, 0.3) is 5.91 Å². The average molecular weight is 447 g/mol. The van der Waals surface area contributed by atoms with Crippen molar-refractivity contribution in [3.8, 4) is 17.2 Å². The summed E-state index contributed by atoms with van der Waals surface area (Å²) in [5.74, 6) is 1.24. The Bertz CT molecular complexity index is 1270. The molecule has 3 aromatic rings. The highest BCUT2D eigenvalue weighted by molar-refractivity contribution is 6.08. The molecule has 4 rings (SSSR count). The topological polar surface area (TPSA) is 97.9 Å². The van der Waals surface area contributed by atoms with Crippen molar-refractivity contribution in [2.75, 3.05) is 26.6 Å². The molecule has 8 heteroatoms. The molecule has 170 valence electrons. The summed E-state index contributed by atoms with van der Waals surface area (Å²) in [7, 11) is 4.63. The minimum atomic E-state index is -0.732. The Morgan fingerprint density at radius 3 is 2.42 bits per heavy atom. The van der Waals surface area contributed by atoms with Crippen LogP contribution in [0.5, 0.6) is 17.2 Å². The zero-order valence-corrected chi connectivity index (χ0v) is 18.8. The van der Waals surface area contributed by atoms with Crippen LogP contribution in [-0.4, -0.2) is 33.3 Å². The van der Waals surface area contributed by atoms with E-state index in [1.54, 1.807) is 39.3 Å². The van der Waals surface area contributed by atoms with Crippen LogP contribution < -0.4 is 30.2 Å². The highest BCUT2D eigenvalue weighted by atomic mass is 16.5. The van der Waals surface area contributed by atoms with Gasteiger partial charge in [-0.25, -0.2) is 4.79 Å². The molecule has 33 heavy (non-hydrogen) atoms. The summed E-state index contributed by atoms with van der Waals surface area (Å²) < 4.78 is 16.3. The highest BCUT2D eigenvalue weighted by Gasteiger charge is 2.34. The van der Waals surface area contributed by atoms with E-state index >= 15 is 0 Å². The number of hydrogen-bond acceptors (Lipinski definition) is 5. The van der Waals surface area contributed by atoms with Crippen LogP contribution in [0.15, 0.2) is 65.9 Å². The molecule has 3 aromatic carbocycles. The molecule has 0 saturated heterocycles. The first-order valence-corrected chi connectivity index (χ1v) is 10.3. The van der Waals surface area contributed by atoms with E-state index in [9.17, 15) is 9.59 Å². The lowest BCUT2D eigenvalue weighted by Gasteiger charge is -2.30.